The van der Waals surface area contributed by atoms with E-state index >= 15 is 0 Å². The van der Waals surface area contributed by atoms with Crippen molar-refractivity contribution < 1.29 is 54.9 Å². The number of hydrogen-bond acceptors (Lipinski definition) is 6. The standard InChI is InChI=1S/C20H30F6O6/c1-7-13(15(27)31-12(4)8-19(21,22)23)9-18(5,6)17(29)32-14(11(2)3)16(28)30-10-20(24,25)26/h11-14H,7-10H2,1-6H3. The maximum atomic E-state index is 12.6. The lowest BCUT2D eigenvalue weighted by molar-refractivity contribution is -0.198. The largest absolute Gasteiger partial charge is 0.462 e. The maximum absolute atomic E-state index is 12.6. The van der Waals surface area contributed by atoms with E-state index in [4.69, 9.17) is 9.47 Å². The van der Waals surface area contributed by atoms with Crippen LogP contribution in [-0.2, 0) is 28.6 Å². The molecule has 0 heterocycles. The average Bonchev–Trinajstić information content (AvgIpc) is 2.59. The second-order valence-electron chi connectivity index (χ2n) is 8.55. The quantitative estimate of drug-likeness (QED) is 0.236. The lowest BCUT2D eigenvalue weighted by atomic mass is 9.81. The molecule has 0 radical (unpaired) electrons. The fourth-order valence-corrected chi connectivity index (χ4v) is 2.72. The monoisotopic (exact) mass is 480 g/mol. The molecule has 188 valence electrons. The topological polar surface area (TPSA) is 78.9 Å². The summed E-state index contributed by atoms with van der Waals surface area (Å²) < 4.78 is 88.2. The zero-order valence-electron chi connectivity index (χ0n) is 18.9. The Kier molecular flexibility index (Phi) is 11.0. The SMILES string of the molecule is CCC(CC(C)(C)C(=O)OC(C(=O)OCC(F)(F)F)C(C)C)C(=O)OC(C)CC(F)(F)F. The third-order valence-corrected chi connectivity index (χ3v) is 4.42. The van der Waals surface area contributed by atoms with E-state index in [9.17, 15) is 40.7 Å². The lowest BCUT2D eigenvalue weighted by Crippen LogP contribution is -2.40. The molecule has 0 spiro atoms. The zero-order chi connectivity index (χ0) is 25.5. The predicted molar refractivity (Wildman–Crippen MR) is 100 cm³/mol. The number of carbonyl (C=O) groups excluding carboxylic acids is 3. The fourth-order valence-electron chi connectivity index (χ4n) is 2.72. The van der Waals surface area contributed by atoms with Gasteiger partial charge in [-0.2, -0.15) is 26.3 Å². The molecule has 0 aromatic rings. The van der Waals surface area contributed by atoms with Gasteiger partial charge in [-0.15, -0.1) is 0 Å². The molecule has 0 saturated heterocycles. The van der Waals surface area contributed by atoms with Gasteiger partial charge in [-0.25, -0.2) is 4.79 Å². The summed E-state index contributed by atoms with van der Waals surface area (Å²) in [5.74, 6) is -4.91. The van der Waals surface area contributed by atoms with Gasteiger partial charge in [0.25, 0.3) is 0 Å². The zero-order valence-corrected chi connectivity index (χ0v) is 18.9. The molecule has 0 aromatic heterocycles. The van der Waals surface area contributed by atoms with Gasteiger partial charge in [0, 0.05) is 5.92 Å². The molecule has 0 rings (SSSR count). The second kappa shape index (κ2) is 11.7. The third-order valence-electron chi connectivity index (χ3n) is 4.42. The molecule has 32 heavy (non-hydrogen) atoms. The summed E-state index contributed by atoms with van der Waals surface area (Å²) in [5, 5.41) is 0. The van der Waals surface area contributed by atoms with Gasteiger partial charge in [0.2, 0.25) is 6.10 Å². The van der Waals surface area contributed by atoms with Crippen molar-refractivity contribution in [3.63, 3.8) is 0 Å². The van der Waals surface area contributed by atoms with Crippen LogP contribution in [0.3, 0.4) is 0 Å². The van der Waals surface area contributed by atoms with Crippen LogP contribution >= 0.6 is 0 Å². The van der Waals surface area contributed by atoms with Gasteiger partial charge >= 0.3 is 30.3 Å². The van der Waals surface area contributed by atoms with Gasteiger partial charge < -0.3 is 14.2 Å². The number of halogens is 6. The van der Waals surface area contributed by atoms with Crippen molar-refractivity contribution in [2.45, 2.75) is 85.4 Å². The van der Waals surface area contributed by atoms with E-state index in [2.05, 4.69) is 4.74 Å². The van der Waals surface area contributed by atoms with Gasteiger partial charge in [-0.3, -0.25) is 9.59 Å². The highest BCUT2D eigenvalue weighted by molar-refractivity contribution is 5.83. The molecule has 0 aromatic carbocycles. The molecular weight excluding hydrogens is 450 g/mol. The number of hydrogen-bond donors (Lipinski definition) is 0. The van der Waals surface area contributed by atoms with Crippen LogP contribution in [0.15, 0.2) is 0 Å². The lowest BCUT2D eigenvalue weighted by Gasteiger charge is -2.30. The highest BCUT2D eigenvalue weighted by Crippen LogP contribution is 2.32. The highest BCUT2D eigenvalue weighted by atomic mass is 19.4. The van der Waals surface area contributed by atoms with Crippen molar-refractivity contribution >= 4 is 17.9 Å². The Hall–Kier alpha value is -2.01. The summed E-state index contributed by atoms with van der Waals surface area (Å²) in [7, 11) is 0. The number of alkyl halides is 6. The minimum atomic E-state index is -4.75. The number of carbonyl (C=O) groups is 3. The number of rotatable bonds is 11. The third kappa shape index (κ3) is 11.6. The van der Waals surface area contributed by atoms with Crippen LogP contribution in [0.2, 0.25) is 0 Å². The summed E-state index contributed by atoms with van der Waals surface area (Å²) in [4.78, 5) is 36.8. The summed E-state index contributed by atoms with van der Waals surface area (Å²) in [6, 6.07) is 0. The Morgan fingerprint density at radius 2 is 1.34 bits per heavy atom. The van der Waals surface area contributed by atoms with Gasteiger partial charge in [-0.05, 0) is 33.6 Å². The van der Waals surface area contributed by atoms with Crippen molar-refractivity contribution in [1.82, 2.24) is 0 Å². The van der Waals surface area contributed by atoms with Crippen LogP contribution in [0.4, 0.5) is 26.3 Å². The Labute approximate surface area is 182 Å². The molecular formula is C20H30F6O6. The van der Waals surface area contributed by atoms with E-state index in [1.807, 2.05) is 0 Å². The van der Waals surface area contributed by atoms with E-state index in [-0.39, 0.29) is 12.8 Å². The first-order chi connectivity index (χ1) is 14.3. The molecule has 12 heteroatoms. The van der Waals surface area contributed by atoms with E-state index < -0.39 is 72.7 Å². The van der Waals surface area contributed by atoms with Crippen molar-refractivity contribution in [2.75, 3.05) is 6.61 Å². The maximum Gasteiger partial charge on any atom is 0.422 e. The first-order valence-electron chi connectivity index (χ1n) is 10.0. The van der Waals surface area contributed by atoms with E-state index in [0.29, 0.717) is 0 Å². The van der Waals surface area contributed by atoms with Crippen molar-refractivity contribution in [3.8, 4) is 0 Å². The van der Waals surface area contributed by atoms with Crippen LogP contribution < -0.4 is 0 Å². The summed E-state index contributed by atoms with van der Waals surface area (Å²) in [6.07, 6.45) is -13.6. The van der Waals surface area contributed by atoms with E-state index in [0.717, 1.165) is 6.92 Å². The molecule has 3 unspecified atom stereocenters. The minimum Gasteiger partial charge on any atom is -0.462 e. The van der Waals surface area contributed by atoms with Gasteiger partial charge in [0.15, 0.2) is 6.61 Å². The molecule has 0 fully saturated rings. The second-order valence-corrected chi connectivity index (χ2v) is 8.55. The van der Waals surface area contributed by atoms with Crippen LogP contribution in [0.25, 0.3) is 0 Å². The van der Waals surface area contributed by atoms with Gasteiger partial charge in [-0.1, -0.05) is 20.8 Å². The average molecular weight is 480 g/mol. The Balaban J connectivity index is 5.17. The molecule has 0 N–H and O–H groups in total. The normalized spacial score (nSPS) is 15.7. The smallest absolute Gasteiger partial charge is 0.422 e. The predicted octanol–water partition coefficient (Wildman–Crippen LogP) is 4.99. The number of ether oxygens (including phenoxy) is 3. The van der Waals surface area contributed by atoms with E-state index in [1.54, 1.807) is 6.92 Å². The van der Waals surface area contributed by atoms with Crippen molar-refractivity contribution in [1.29, 1.82) is 0 Å². The molecule has 3 atom stereocenters. The highest BCUT2D eigenvalue weighted by Gasteiger charge is 2.40. The Morgan fingerprint density at radius 3 is 1.75 bits per heavy atom. The van der Waals surface area contributed by atoms with Crippen LogP contribution in [0.1, 0.15) is 60.8 Å². The first-order valence-corrected chi connectivity index (χ1v) is 10.0. The van der Waals surface area contributed by atoms with Crippen LogP contribution in [-0.4, -0.2) is 49.1 Å². The van der Waals surface area contributed by atoms with Gasteiger partial charge in [0.1, 0.15) is 6.10 Å². The Morgan fingerprint density at radius 1 is 0.812 bits per heavy atom. The molecule has 0 aliphatic rings. The van der Waals surface area contributed by atoms with Crippen molar-refractivity contribution in [3.05, 3.63) is 0 Å². The molecule has 0 saturated carbocycles. The first kappa shape index (κ1) is 30.0. The summed E-state index contributed by atoms with van der Waals surface area (Å²) in [6.45, 7) is 6.47. The van der Waals surface area contributed by atoms with Crippen molar-refractivity contribution in [2.24, 2.45) is 17.3 Å². The molecule has 0 aliphatic heterocycles. The molecule has 6 nitrogen and oxygen atoms in total. The molecule has 0 aliphatic carbocycles. The van der Waals surface area contributed by atoms with Crippen LogP contribution in [0, 0.1) is 17.3 Å². The summed E-state index contributed by atoms with van der Waals surface area (Å²) >= 11 is 0. The number of esters is 3. The molecule has 0 bridgehead atoms. The molecule has 0 amide bonds. The fraction of sp³-hybridized carbons (Fsp3) is 0.850. The van der Waals surface area contributed by atoms with Crippen LogP contribution in [0.5, 0.6) is 0 Å². The summed E-state index contributed by atoms with van der Waals surface area (Å²) in [5.41, 5.74) is -1.40. The van der Waals surface area contributed by atoms with Gasteiger partial charge in [0.05, 0.1) is 17.8 Å². The Bertz CT molecular complexity index is 641. The minimum absolute atomic E-state index is 0.148. The van der Waals surface area contributed by atoms with E-state index in [1.165, 1.54) is 27.7 Å².